The van der Waals surface area contributed by atoms with Crippen LogP contribution in [0.15, 0.2) is 18.2 Å². The topological polar surface area (TPSA) is 85.5 Å². The molecule has 1 aromatic carbocycles. The number of hydrogen-bond acceptors (Lipinski definition) is 5. The third-order valence-corrected chi connectivity index (χ3v) is 2.51. The highest BCUT2D eigenvalue weighted by atomic mass is 16.5. The van der Waals surface area contributed by atoms with E-state index < -0.39 is 6.09 Å². The lowest BCUT2D eigenvalue weighted by Crippen LogP contribution is -2.14. The highest BCUT2D eigenvalue weighted by Gasteiger charge is 2.08. The van der Waals surface area contributed by atoms with Crippen molar-refractivity contribution in [3.63, 3.8) is 0 Å². The Morgan fingerprint density at radius 3 is 3.00 bits per heavy atom. The van der Waals surface area contributed by atoms with E-state index in [9.17, 15) is 4.79 Å². The van der Waals surface area contributed by atoms with Crippen LogP contribution in [0.1, 0.15) is 6.92 Å². The van der Waals surface area contributed by atoms with E-state index in [1.165, 1.54) is 0 Å². The minimum atomic E-state index is -0.539. The Balaban J connectivity index is 2.07. The lowest BCUT2D eigenvalue weighted by Gasteiger charge is -2.04. The fraction of sp³-hybridized carbons (Fsp3) is 0.385. The van der Waals surface area contributed by atoms with Crippen LogP contribution in [0.3, 0.4) is 0 Å². The van der Waals surface area contributed by atoms with Crippen LogP contribution in [0.2, 0.25) is 0 Å². The summed E-state index contributed by atoms with van der Waals surface area (Å²) < 4.78 is 15.2. The molecule has 0 radical (unpaired) electrons. The van der Waals surface area contributed by atoms with Gasteiger partial charge in [-0.3, -0.25) is 5.32 Å². The molecule has 0 bridgehead atoms. The van der Waals surface area contributed by atoms with Gasteiger partial charge in [-0.05, 0) is 19.1 Å². The molecular formula is C13H17N3O4. The fourth-order valence-electron chi connectivity index (χ4n) is 1.64. The summed E-state index contributed by atoms with van der Waals surface area (Å²) in [6.45, 7) is 3.05. The number of rotatable bonds is 6. The number of amides is 1. The third kappa shape index (κ3) is 3.61. The summed E-state index contributed by atoms with van der Waals surface area (Å²) in [4.78, 5) is 18.5. The zero-order valence-electron chi connectivity index (χ0n) is 11.4. The second-order valence-corrected chi connectivity index (χ2v) is 3.95. The van der Waals surface area contributed by atoms with E-state index in [0.717, 1.165) is 11.0 Å². The second-order valence-electron chi connectivity index (χ2n) is 3.95. The largest absolute Gasteiger partial charge is 0.491 e. The molecule has 0 aliphatic carbocycles. The van der Waals surface area contributed by atoms with Crippen molar-refractivity contribution in [3.05, 3.63) is 18.2 Å². The minimum Gasteiger partial charge on any atom is -0.491 e. The third-order valence-electron chi connectivity index (χ3n) is 2.51. The van der Waals surface area contributed by atoms with E-state index in [0.29, 0.717) is 31.5 Å². The smallest absolute Gasteiger partial charge is 0.413 e. The summed E-state index contributed by atoms with van der Waals surface area (Å²) in [6, 6.07) is 5.44. The Labute approximate surface area is 116 Å². The molecule has 0 fully saturated rings. The van der Waals surface area contributed by atoms with Crippen LogP contribution in [0.25, 0.3) is 11.0 Å². The molecule has 1 amide bonds. The van der Waals surface area contributed by atoms with Crippen LogP contribution in [0.4, 0.5) is 10.7 Å². The van der Waals surface area contributed by atoms with E-state index in [4.69, 9.17) is 14.2 Å². The zero-order valence-corrected chi connectivity index (χ0v) is 11.4. The fourth-order valence-corrected chi connectivity index (χ4v) is 1.64. The van der Waals surface area contributed by atoms with E-state index in [1.807, 2.05) is 18.2 Å². The molecule has 1 heterocycles. The standard InChI is InChI=1S/C13H17N3O4/c1-3-19-13(17)16-12-14-10-5-4-9(8-11(10)15-12)20-7-6-18-2/h4-5,8H,3,6-7H2,1-2H3,(H2,14,15,16,17). The molecule has 2 N–H and O–H groups in total. The molecular weight excluding hydrogens is 262 g/mol. The number of H-pyrrole nitrogens is 1. The number of anilines is 1. The molecule has 20 heavy (non-hydrogen) atoms. The van der Waals surface area contributed by atoms with E-state index >= 15 is 0 Å². The Bertz CT molecular complexity index is 582. The van der Waals surface area contributed by atoms with Gasteiger partial charge >= 0.3 is 6.09 Å². The van der Waals surface area contributed by atoms with Crippen molar-refractivity contribution >= 4 is 23.1 Å². The summed E-state index contributed by atoms with van der Waals surface area (Å²) in [5, 5.41) is 2.52. The van der Waals surface area contributed by atoms with Crippen LogP contribution in [0, 0.1) is 0 Å². The van der Waals surface area contributed by atoms with Gasteiger partial charge in [-0.25, -0.2) is 9.78 Å². The maximum absolute atomic E-state index is 11.3. The second kappa shape index (κ2) is 6.76. The lowest BCUT2D eigenvalue weighted by atomic mass is 10.3. The monoisotopic (exact) mass is 279 g/mol. The van der Waals surface area contributed by atoms with Crippen LogP contribution in [-0.4, -0.2) is 43.0 Å². The Hall–Kier alpha value is -2.28. The molecule has 0 aliphatic heterocycles. The summed E-state index contributed by atoms with van der Waals surface area (Å²) >= 11 is 0. The van der Waals surface area contributed by atoms with Gasteiger partial charge in [0.1, 0.15) is 12.4 Å². The normalized spacial score (nSPS) is 10.5. The summed E-state index contributed by atoms with van der Waals surface area (Å²) in [5.74, 6) is 1.05. The quantitative estimate of drug-likeness (QED) is 0.791. The first-order valence-electron chi connectivity index (χ1n) is 6.28. The first-order chi connectivity index (χ1) is 9.72. The first kappa shape index (κ1) is 14.1. The molecule has 0 atom stereocenters. The number of nitrogens with zero attached hydrogens (tertiary/aromatic N) is 1. The summed E-state index contributed by atoms with van der Waals surface area (Å²) in [7, 11) is 1.62. The molecule has 2 rings (SSSR count). The molecule has 7 heteroatoms. The predicted molar refractivity (Wildman–Crippen MR) is 74.1 cm³/mol. The molecule has 7 nitrogen and oxygen atoms in total. The Morgan fingerprint density at radius 2 is 2.25 bits per heavy atom. The van der Waals surface area contributed by atoms with Gasteiger partial charge < -0.3 is 19.2 Å². The highest BCUT2D eigenvalue weighted by Crippen LogP contribution is 2.20. The Kier molecular flexibility index (Phi) is 4.78. The highest BCUT2D eigenvalue weighted by molar-refractivity contribution is 5.86. The van der Waals surface area contributed by atoms with E-state index in [2.05, 4.69) is 15.3 Å². The molecule has 0 saturated heterocycles. The zero-order chi connectivity index (χ0) is 14.4. The van der Waals surface area contributed by atoms with Gasteiger partial charge in [-0.15, -0.1) is 0 Å². The van der Waals surface area contributed by atoms with Crippen molar-refractivity contribution in [1.29, 1.82) is 0 Å². The van der Waals surface area contributed by atoms with Crippen molar-refractivity contribution in [1.82, 2.24) is 9.97 Å². The van der Waals surface area contributed by atoms with E-state index in [1.54, 1.807) is 14.0 Å². The van der Waals surface area contributed by atoms with Gasteiger partial charge in [0.05, 0.1) is 24.2 Å². The maximum atomic E-state index is 11.3. The van der Waals surface area contributed by atoms with Gasteiger partial charge in [-0.1, -0.05) is 0 Å². The van der Waals surface area contributed by atoms with Crippen molar-refractivity contribution in [2.75, 3.05) is 32.2 Å². The van der Waals surface area contributed by atoms with Crippen LogP contribution >= 0.6 is 0 Å². The molecule has 2 aromatic rings. The molecule has 0 saturated carbocycles. The minimum absolute atomic E-state index is 0.309. The van der Waals surface area contributed by atoms with Gasteiger partial charge in [0.2, 0.25) is 5.95 Å². The maximum Gasteiger partial charge on any atom is 0.413 e. The van der Waals surface area contributed by atoms with Crippen LogP contribution in [-0.2, 0) is 9.47 Å². The van der Waals surface area contributed by atoms with Gasteiger partial charge in [0, 0.05) is 13.2 Å². The van der Waals surface area contributed by atoms with Crippen molar-refractivity contribution in [2.24, 2.45) is 0 Å². The SMILES string of the molecule is CCOC(=O)Nc1nc2ccc(OCCOC)cc2[nH]1. The van der Waals surface area contributed by atoms with Crippen molar-refractivity contribution < 1.29 is 19.0 Å². The van der Waals surface area contributed by atoms with Gasteiger partial charge in [-0.2, -0.15) is 0 Å². The van der Waals surface area contributed by atoms with Crippen LogP contribution < -0.4 is 10.1 Å². The molecule has 1 aromatic heterocycles. The number of nitrogens with one attached hydrogen (secondary N) is 2. The van der Waals surface area contributed by atoms with Gasteiger partial charge in [0.15, 0.2) is 0 Å². The number of aromatic amines is 1. The van der Waals surface area contributed by atoms with Crippen LogP contribution in [0.5, 0.6) is 5.75 Å². The first-order valence-corrected chi connectivity index (χ1v) is 6.28. The number of carbonyl (C=O) groups excluding carboxylic acids is 1. The van der Waals surface area contributed by atoms with E-state index in [-0.39, 0.29) is 0 Å². The van der Waals surface area contributed by atoms with Crippen molar-refractivity contribution in [2.45, 2.75) is 6.92 Å². The average Bonchev–Trinajstić information content (AvgIpc) is 2.80. The summed E-state index contributed by atoms with van der Waals surface area (Å²) in [5.41, 5.74) is 1.50. The van der Waals surface area contributed by atoms with Crippen molar-refractivity contribution in [3.8, 4) is 5.75 Å². The molecule has 0 aliphatic rings. The molecule has 108 valence electrons. The number of imidazole rings is 1. The number of methoxy groups -OCH3 is 1. The number of carbonyl (C=O) groups is 1. The number of hydrogen-bond donors (Lipinski definition) is 2. The molecule has 0 spiro atoms. The number of fused-ring (bicyclic) bond motifs is 1. The lowest BCUT2D eigenvalue weighted by molar-refractivity contribution is 0.146. The number of benzene rings is 1. The average molecular weight is 279 g/mol. The summed E-state index contributed by atoms with van der Waals surface area (Å²) in [6.07, 6.45) is -0.539. The number of aromatic nitrogens is 2. The molecule has 0 unspecified atom stereocenters. The predicted octanol–water partition coefficient (Wildman–Crippen LogP) is 2.16. The van der Waals surface area contributed by atoms with Gasteiger partial charge in [0.25, 0.3) is 0 Å². The Morgan fingerprint density at radius 1 is 1.40 bits per heavy atom. The number of ether oxygens (including phenoxy) is 3.